The van der Waals surface area contributed by atoms with Gasteiger partial charge in [-0.2, -0.15) is 5.10 Å². The molecule has 0 spiro atoms. The zero-order chi connectivity index (χ0) is 16.0. The molecule has 1 heterocycles. The van der Waals surface area contributed by atoms with Crippen molar-refractivity contribution < 1.29 is 4.79 Å². The van der Waals surface area contributed by atoms with Crippen LogP contribution < -0.4 is 10.6 Å². The summed E-state index contributed by atoms with van der Waals surface area (Å²) in [6.45, 7) is 8.67. The highest BCUT2D eigenvalue weighted by Crippen LogP contribution is 2.13. The number of aromatic nitrogens is 2. The van der Waals surface area contributed by atoms with Crippen LogP contribution in [0.3, 0.4) is 0 Å². The summed E-state index contributed by atoms with van der Waals surface area (Å²) in [7, 11) is 1.95. The van der Waals surface area contributed by atoms with Gasteiger partial charge in [-0.25, -0.2) is 4.79 Å². The number of carbonyl (C=O) groups excluding carboxylic acids is 1. The Morgan fingerprint density at radius 3 is 2.57 bits per heavy atom. The fourth-order valence-corrected chi connectivity index (χ4v) is 2.24. The Kier molecular flexibility index (Phi) is 6.29. The first-order valence-electron chi connectivity index (χ1n) is 7.36. The van der Waals surface area contributed by atoms with E-state index in [1.807, 2.05) is 32.5 Å². The molecular formula is C16H26N4O. The molecule has 0 aromatic carbocycles. The topological polar surface area (TPSA) is 59.0 Å². The Balaban J connectivity index is 2.34. The van der Waals surface area contributed by atoms with E-state index in [1.54, 1.807) is 0 Å². The van der Waals surface area contributed by atoms with E-state index >= 15 is 0 Å². The van der Waals surface area contributed by atoms with Crippen molar-refractivity contribution in [1.82, 2.24) is 20.4 Å². The maximum Gasteiger partial charge on any atom is 0.315 e. The number of amides is 2. The number of hydrogen-bond acceptors (Lipinski definition) is 2. The number of nitrogens with one attached hydrogen (secondary N) is 2. The highest BCUT2D eigenvalue weighted by Gasteiger charge is 2.13. The number of nitrogens with zero attached hydrogens (tertiary/aromatic N) is 2. The van der Waals surface area contributed by atoms with Crippen LogP contribution >= 0.6 is 0 Å². The van der Waals surface area contributed by atoms with Crippen LogP contribution in [0.2, 0.25) is 0 Å². The first kappa shape index (κ1) is 17.1. The quantitative estimate of drug-likeness (QED) is 0.621. The van der Waals surface area contributed by atoms with Gasteiger partial charge in [0.25, 0.3) is 0 Å². The van der Waals surface area contributed by atoms with Crippen molar-refractivity contribution >= 4 is 6.03 Å². The summed E-state index contributed by atoms with van der Waals surface area (Å²) in [5.41, 5.74) is 3.51. The Morgan fingerprint density at radius 2 is 2.10 bits per heavy atom. The fraction of sp³-hybridized carbons (Fsp3) is 0.625. The lowest BCUT2D eigenvalue weighted by molar-refractivity contribution is 0.236. The molecule has 0 radical (unpaired) electrons. The summed E-state index contributed by atoms with van der Waals surface area (Å²) in [5, 5.41) is 10.0. The van der Waals surface area contributed by atoms with E-state index in [1.165, 1.54) is 11.3 Å². The summed E-state index contributed by atoms with van der Waals surface area (Å²) >= 11 is 0. The molecule has 1 unspecified atom stereocenters. The molecule has 0 saturated heterocycles. The molecule has 0 fully saturated rings. The standard InChI is InChI=1S/C16H26N4O/c1-7-15(11(2)3)18-16(21)17-10-8-9-14-12(4)19-20(6)13(14)5/h1,11,15H,8-10H2,2-6H3,(H2,17,18,21). The number of urea groups is 1. The highest BCUT2D eigenvalue weighted by molar-refractivity contribution is 5.74. The van der Waals surface area contributed by atoms with E-state index in [0.29, 0.717) is 6.54 Å². The molecule has 2 N–H and O–H groups in total. The second-order valence-electron chi connectivity index (χ2n) is 5.67. The number of hydrogen-bond donors (Lipinski definition) is 2. The fourth-order valence-electron chi connectivity index (χ4n) is 2.24. The number of terminal acetylenes is 1. The van der Waals surface area contributed by atoms with Gasteiger partial charge in [0.15, 0.2) is 0 Å². The highest BCUT2D eigenvalue weighted by atomic mass is 16.2. The van der Waals surface area contributed by atoms with E-state index < -0.39 is 0 Å². The Morgan fingerprint density at radius 1 is 1.43 bits per heavy atom. The van der Waals surface area contributed by atoms with Crippen LogP contribution in [0.5, 0.6) is 0 Å². The third-order valence-electron chi connectivity index (χ3n) is 3.68. The molecule has 0 aliphatic heterocycles. The molecule has 1 aromatic rings. The van der Waals surface area contributed by atoms with Crippen LogP contribution in [0.1, 0.15) is 37.2 Å². The molecule has 5 heteroatoms. The Hall–Kier alpha value is -1.96. The van der Waals surface area contributed by atoms with Gasteiger partial charge in [-0.3, -0.25) is 4.68 Å². The summed E-state index contributed by atoms with van der Waals surface area (Å²) in [5.74, 6) is 2.81. The molecule has 0 saturated carbocycles. The average Bonchev–Trinajstić information content (AvgIpc) is 2.66. The van der Waals surface area contributed by atoms with Gasteiger partial charge in [0.1, 0.15) is 0 Å². The first-order chi connectivity index (χ1) is 9.86. The van der Waals surface area contributed by atoms with Crippen molar-refractivity contribution in [3.63, 3.8) is 0 Å². The molecule has 2 amide bonds. The second-order valence-corrected chi connectivity index (χ2v) is 5.67. The average molecular weight is 290 g/mol. The molecular weight excluding hydrogens is 264 g/mol. The monoisotopic (exact) mass is 290 g/mol. The lowest BCUT2D eigenvalue weighted by Crippen LogP contribution is -2.44. The first-order valence-corrected chi connectivity index (χ1v) is 7.36. The minimum atomic E-state index is -0.229. The zero-order valence-corrected chi connectivity index (χ0v) is 13.7. The smallest absolute Gasteiger partial charge is 0.315 e. The Labute approximate surface area is 127 Å². The zero-order valence-electron chi connectivity index (χ0n) is 13.7. The largest absolute Gasteiger partial charge is 0.338 e. The summed E-state index contributed by atoms with van der Waals surface area (Å²) in [6.07, 6.45) is 7.18. The van der Waals surface area contributed by atoms with Gasteiger partial charge in [0.05, 0.1) is 11.7 Å². The lowest BCUT2D eigenvalue weighted by atomic mass is 10.1. The summed E-state index contributed by atoms with van der Waals surface area (Å²) < 4.78 is 1.89. The van der Waals surface area contributed by atoms with Gasteiger partial charge in [-0.15, -0.1) is 6.42 Å². The van der Waals surface area contributed by atoms with E-state index in [4.69, 9.17) is 6.42 Å². The van der Waals surface area contributed by atoms with Crippen molar-refractivity contribution in [1.29, 1.82) is 0 Å². The van der Waals surface area contributed by atoms with Crippen LogP contribution in [-0.2, 0) is 13.5 Å². The van der Waals surface area contributed by atoms with Gasteiger partial charge < -0.3 is 10.6 Å². The van der Waals surface area contributed by atoms with Gasteiger partial charge in [0.2, 0.25) is 0 Å². The third kappa shape index (κ3) is 4.82. The molecule has 5 nitrogen and oxygen atoms in total. The second kappa shape index (κ2) is 7.72. The van der Waals surface area contributed by atoms with Crippen LogP contribution in [0, 0.1) is 32.1 Å². The third-order valence-corrected chi connectivity index (χ3v) is 3.68. The van der Waals surface area contributed by atoms with Crippen molar-refractivity contribution in [3.8, 4) is 12.3 Å². The molecule has 0 aliphatic carbocycles. The number of aryl methyl sites for hydroxylation is 2. The minimum Gasteiger partial charge on any atom is -0.338 e. The number of rotatable bonds is 6. The maximum atomic E-state index is 11.7. The molecule has 0 bridgehead atoms. The van der Waals surface area contributed by atoms with Gasteiger partial charge in [0, 0.05) is 19.3 Å². The van der Waals surface area contributed by atoms with Gasteiger partial charge in [-0.1, -0.05) is 19.8 Å². The molecule has 1 aromatic heterocycles. The predicted octanol–water partition coefficient (Wildman–Crippen LogP) is 1.93. The summed E-state index contributed by atoms with van der Waals surface area (Å²) in [6, 6.07) is -0.431. The normalized spacial score (nSPS) is 12.0. The van der Waals surface area contributed by atoms with Crippen LogP contribution in [0.4, 0.5) is 4.79 Å². The molecule has 0 aliphatic rings. The van der Waals surface area contributed by atoms with E-state index in [-0.39, 0.29) is 18.0 Å². The van der Waals surface area contributed by atoms with Crippen molar-refractivity contribution in [2.45, 2.75) is 46.6 Å². The van der Waals surface area contributed by atoms with Crippen molar-refractivity contribution in [2.75, 3.05) is 6.54 Å². The molecule has 116 valence electrons. The number of carbonyl (C=O) groups is 1. The van der Waals surface area contributed by atoms with Crippen LogP contribution in [0.15, 0.2) is 0 Å². The lowest BCUT2D eigenvalue weighted by Gasteiger charge is -2.17. The van der Waals surface area contributed by atoms with Gasteiger partial charge >= 0.3 is 6.03 Å². The molecule has 21 heavy (non-hydrogen) atoms. The molecule has 1 rings (SSSR count). The predicted molar refractivity (Wildman–Crippen MR) is 85.0 cm³/mol. The van der Waals surface area contributed by atoms with E-state index in [0.717, 1.165) is 18.5 Å². The van der Waals surface area contributed by atoms with Crippen molar-refractivity contribution in [3.05, 3.63) is 17.0 Å². The van der Waals surface area contributed by atoms with E-state index in [9.17, 15) is 4.79 Å². The van der Waals surface area contributed by atoms with Crippen LogP contribution in [-0.4, -0.2) is 28.4 Å². The van der Waals surface area contributed by atoms with Crippen LogP contribution in [0.25, 0.3) is 0 Å². The SMILES string of the molecule is C#CC(NC(=O)NCCCc1c(C)nn(C)c1C)C(C)C. The maximum absolute atomic E-state index is 11.7. The van der Waals surface area contributed by atoms with E-state index in [2.05, 4.69) is 28.6 Å². The van der Waals surface area contributed by atoms with Gasteiger partial charge in [-0.05, 0) is 38.2 Å². The molecule has 1 atom stereocenters. The summed E-state index contributed by atoms with van der Waals surface area (Å²) in [4.78, 5) is 11.7. The van der Waals surface area contributed by atoms with Crippen molar-refractivity contribution in [2.24, 2.45) is 13.0 Å². The Bertz CT molecular complexity index is 525. The minimum absolute atomic E-state index is 0.203.